The molecule has 0 amide bonds. The molecular weight excluding hydrogens is 234 g/mol. The highest BCUT2D eigenvalue weighted by molar-refractivity contribution is 5.92. The molecule has 0 spiro atoms. The summed E-state index contributed by atoms with van der Waals surface area (Å²) in [5.74, 6) is -0.191. The minimum atomic E-state index is -0.656. The topological polar surface area (TPSA) is 40.9 Å². The van der Waals surface area contributed by atoms with Gasteiger partial charge in [-0.05, 0) is 23.5 Å². The molecule has 0 heterocycles. The predicted molar refractivity (Wildman–Crippen MR) is 78.0 cm³/mol. The van der Waals surface area contributed by atoms with Gasteiger partial charge in [0, 0.05) is 5.41 Å². The van der Waals surface area contributed by atoms with Crippen LogP contribution in [0.4, 0.5) is 0 Å². The molecule has 102 valence electrons. The van der Waals surface area contributed by atoms with Crippen molar-refractivity contribution in [2.75, 3.05) is 0 Å². The Balaban J connectivity index is 3.05. The fourth-order valence-electron chi connectivity index (χ4n) is 1.92. The largest absolute Gasteiger partial charge is 0.297 e. The van der Waals surface area contributed by atoms with E-state index in [1.54, 1.807) is 0 Å². The first-order valence-electron chi connectivity index (χ1n) is 6.87. The highest BCUT2D eigenvalue weighted by Crippen LogP contribution is 2.30. The van der Waals surface area contributed by atoms with Gasteiger partial charge in [-0.2, -0.15) is 5.26 Å². The van der Waals surface area contributed by atoms with Gasteiger partial charge in [0.25, 0.3) is 0 Å². The first kappa shape index (κ1) is 15.4. The Bertz CT molecular complexity index is 477. The maximum absolute atomic E-state index is 12.4. The third-order valence-electron chi connectivity index (χ3n) is 3.88. The number of nitriles is 1. The fraction of sp³-hybridized carbons (Fsp3) is 0.529. The molecule has 0 aliphatic heterocycles. The Morgan fingerprint density at radius 3 is 2.05 bits per heavy atom. The SMILES string of the molecule is CCC(C)(C)C(=O)C(C#N)c1ccc(C(C)C)cc1. The van der Waals surface area contributed by atoms with E-state index in [-0.39, 0.29) is 5.78 Å². The monoisotopic (exact) mass is 257 g/mol. The number of hydrogen-bond donors (Lipinski definition) is 0. The molecule has 0 N–H and O–H groups in total. The van der Waals surface area contributed by atoms with Gasteiger partial charge < -0.3 is 0 Å². The normalized spacial score (nSPS) is 13.1. The molecule has 0 saturated carbocycles. The molecular formula is C17H23NO. The van der Waals surface area contributed by atoms with Crippen molar-refractivity contribution in [3.05, 3.63) is 35.4 Å². The maximum atomic E-state index is 12.4. The smallest absolute Gasteiger partial charge is 0.160 e. The summed E-state index contributed by atoms with van der Waals surface area (Å²) in [6.07, 6.45) is 0.744. The highest BCUT2D eigenvalue weighted by atomic mass is 16.1. The molecule has 1 rings (SSSR count). The van der Waals surface area contributed by atoms with Crippen molar-refractivity contribution in [1.29, 1.82) is 5.26 Å². The molecule has 2 nitrogen and oxygen atoms in total. The van der Waals surface area contributed by atoms with Crippen LogP contribution in [0.25, 0.3) is 0 Å². The zero-order valence-corrected chi connectivity index (χ0v) is 12.5. The number of benzene rings is 1. The van der Waals surface area contributed by atoms with Gasteiger partial charge in [-0.1, -0.05) is 58.9 Å². The number of rotatable bonds is 5. The number of Topliss-reactive ketones (excluding diaryl/α,β-unsaturated/α-hetero) is 1. The molecule has 0 bridgehead atoms. The van der Waals surface area contributed by atoms with Crippen LogP contribution < -0.4 is 0 Å². The Morgan fingerprint density at radius 2 is 1.68 bits per heavy atom. The summed E-state index contributed by atoms with van der Waals surface area (Å²) < 4.78 is 0. The lowest BCUT2D eigenvalue weighted by Crippen LogP contribution is -2.28. The summed E-state index contributed by atoms with van der Waals surface area (Å²) in [6.45, 7) is 10.0. The summed E-state index contributed by atoms with van der Waals surface area (Å²) in [4.78, 5) is 12.4. The molecule has 2 heteroatoms. The van der Waals surface area contributed by atoms with E-state index in [1.807, 2.05) is 45.0 Å². The van der Waals surface area contributed by atoms with Crippen LogP contribution in [-0.2, 0) is 4.79 Å². The number of hydrogen-bond acceptors (Lipinski definition) is 2. The van der Waals surface area contributed by atoms with E-state index >= 15 is 0 Å². The number of carbonyl (C=O) groups excluding carboxylic acids is 1. The molecule has 1 atom stereocenters. The zero-order chi connectivity index (χ0) is 14.6. The average Bonchev–Trinajstić information content (AvgIpc) is 2.40. The molecule has 0 radical (unpaired) electrons. The molecule has 1 aromatic carbocycles. The predicted octanol–water partition coefficient (Wildman–Crippen LogP) is 4.42. The lowest BCUT2D eigenvalue weighted by Gasteiger charge is -2.24. The molecule has 0 saturated heterocycles. The van der Waals surface area contributed by atoms with Gasteiger partial charge in [0.2, 0.25) is 0 Å². The van der Waals surface area contributed by atoms with E-state index < -0.39 is 11.3 Å². The van der Waals surface area contributed by atoms with Gasteiger partial charge in [-0.3, -0.25) is 4.79 Å². The summed E-state index contributed by atoms with van der Waals surface area (Å²) >= 11 is 0. The summed E-state index contributed by atoms with van der Waals surface area (Å²) in [5, 5.41) is 9.32. The van der Waals surface area contributed by atoms with E-state index in [1.165, 1.54) is 5.56 Å². The van der Waals surface area contributed by atoms with Crippen molar-refractivity contribution in [3.63, 3.8) is 0 Å². The summed E-state index contributed by atoms with van der Waals surface area (Å²) in [6, 6.07) is 10.00. The van der Waals surface area contributed by atoms with Crippen molar-refractivity contribution in [3.8, 4) is 6.07 Å². The third-order valence-corrected chi connectivity index (χ3v) is 3.88. The van der Waals surface area contributed by atoms with Crippen molar-refractivity contribution in [2.45, 2.75) is 52.9 Å². The van der Waals surface area contributed by atoms with Gasteiger partial charge in [0.15, 0.2) is 5.78 Å². The summed E-state index contributed by atoms with van der Waals surface area (Å²) in [5.41, 5.74) is 1.58. The van der Waals surface area contributed by atoms with Gasteiger partial charge in [0.05, 0.1) is 6.07 Å². The van der Waals surface area contributed by atoms with E-state index in [0.717, 1.165) is 12.0 Å². The number of nitrogens with zero attached hydrogens (tertiary/aromatic N) is 1. The van der Waals surface area contributed by atoms with Gasteiger partial charge in [-0.25, -0.2) is 0 Å². The van der Waals surface area contributed by atoms with Crippen LogP contribution in [0.5, 0.6) is 0 Å². The Morgan fingerprint density at radius 1 is 1.21 bits per heavy atom. The van der Waals surface area contributed by atoms with Crippen LogP contribution in [0.1, 0.15) is 64.0 Å². The van der Waals surface area contributed by atoms with E-state index in [4.69, 9.17) is 0 Å². The minimum Gasteiger partial charge on any atom is -0.297 e. The minimum absolute atomic E-state index is 0.00907. The van der Waals surface area contributed by atoms with Gasteiger partial charge in [0.1, 0.15) is 5.92 Å². The number of ketones is 1. The second kappa shape index (κ2) is 6.02. The molecule has 19 heavy (non-hydrogen) atoms. The molecule has 0 aromatic heterocycles. The Labute approximate surface area is 116 Å². The maximum Gasteiger partial charge on any atom is 0.160 e. The first-order chi connectivity index (χ1) is 8.83. The second-order valence-electron chi connectivity index (χ2n) is 5.99. The first-order valence-corrected chi connectivity index (χ1v) is 6.87. The van der Waals surface area contributed by atoms with Crippen molar-refractivity contribution in [1.82, 2.24) is 0 Å². The quantitative estimate of drug-likeness (QED) is 0.783. The van der Waals surface area contributed by atoms with Gasteiger partial charge >= 0.3 is 0 Å². The highest BCUT2D eigenvalue weighted by Gasteiger charge is 2.33. The van der Waals surface area contributed by atoms with Crippen molar-refractivity contribution < 1.29 is 4.79 Å². The zero-order valence-electron chi connectivity index (χ0n) is 12.5. The van der Waals surface area contributed by atoms with Crippen LogP contribution >= 0.6 is 0 Å². The van der Waals surface area contributed by atoms with Crippen LogP contribution in [-0.4, -0.2) is 5.78 Å². The fourth-order valence-corrected chi connectivity index (χ4v) is 1.92. The lowest BCUT2D eigenvalue weighted by atomic mass is 9.77. The van der Waals surface area contributed by atoms with Gasteiger partial charge in [-0.15, -0.1) is 0 Å². The Hall–Kier alpha value is -1.62. The van der Waals surface area contributed by atoms with Crippen LogP contribution in [0, 0.1) is 16.7 Å². The standard InChI is InChI=1S/C17H23NO/c1-6-17(4,5)16(19)15(11-18)14-9-7-13(8-10-14)12(2)3/h7-10,12,15H,6H2,1-5H3. The molecule has 1 aromatic rings. The number of carbonyl (C=O) groups is 1. The van der Waals surface area contributed by atoms with E-state index in [2.05, 4.69) is 19.9 Å². The second-order valence-corrected chi connectivity index (χ2v) is 5.99. The van der Waals surface area contributed by atoms with Crippen molar-refractivity contribution >= 4 is 5.78 Å². The Kier molecular flexibility index (Phi) is 4.89. The molecule has 0 fully saturated rings. The van der Waals surface area contributed by atoms with E-state index in [9.17, 15) is 10.1 Å². The van der Waals surface area contributed by atoms with E-state index in [0.29, 0.717) is 5.92 Å². The summed E-state index contributed by atoms with van der Waals surface area (Å²) in [7, 11) is 0. The van der Waals surface area contributed by atoms with Crippen LogP contribution in [0.3, 0.4) is 0 Å². The molecule has 0 aliphatic rings. The molecule has 0 aliphatic carbocycles. The molecule has 1 unspecified atom stereocenters. The van der Waals surface area contributed by atoms with Crippen molar-refractivity contribution in [2.24, 2.45) is 5.41 Å². The van der Waals surface area contributed by atoms with Crippen LogP contribution in [0.2, 0.25) is 0 Å². The third kappa shape index (κ3) is 3.44. The average molecular weight is 257 g/mol. The lowest BCUT2D eigenvalue weighted by molar-refractivity contribution is -0.127. The van der Waals surface area contributed by atoms with Crippen LogP contribution in [0.15, 0.2) is 24.3 Å².